The van der Waals surface area contributed by atoms with Crippen molar-refractivity contribution in [3.05, 3.63) is 47.4 Å². The van der Waals surface area contributed by atoms with Gasteiger partial charge in [-0.1, -0.05) is 31.0 Å². The molecule has 1 saturated heterocycles. The summed E-state index contributed by atoms with van der Waals surface area (Å²) in [7, 11) is -4.07. The molecule has 1 aliphatic rings. The molecule has 0 amide bonds. The lowest BCUT2D eigenvalue weighted by Crippen LogP contribution is -2.43. The van der Waals surface area contributed by atoms with E-state index in [1.54, 1.807) is 44.2 Å². The summed E-state index contributed by atoms with van der Waals surface area (Å²) >= 11 is 5.15. The second-order valence-corrected chi connectivity index (χ2v) is 11.2. The van der Waals surface area contributed by atoms with Crippen LogP contribution < -0.4 is 10.3 Å². The van der Waals surface area contributed by atoms with Gasteiger partial charge >= 0.3 is 13.6 Å². The third-order valence-electron chi connectivity index (χ3n) is 5.44. The van der Waals surface area contributed by atoms with Crippen LogP contribution in [-0.2, 0) is 23.4 Å². The smallest absolute Gasteiger partial charge is 0.380 e. The predicted molar refractivity (Wildman–Crippen MR) is 136 cm³/mol. The van der Waals surface area contributed by atoms with Gasteiger partial charge < -0.3 is 24.8 Å². The number of hydrogen-bond donors (Lipinski definition) is 2. The highest BCUT2D eigenvalue weighted by Gasteiger charge is 2.57. The molecule has 1 aromatic heterocycles. The Bertz CT molecular complexity index is 1250. The zero-order valence-corrected chi connectivity index (χ0v) is 22.2. The van der Waals surface area contributed by atoms with Crippen molar-refractivity contribution in [2.45, 2.75) is 51.0 Å². The number of hydrogen-bond acceptors (Lipinski definition) is 10. The van der Waals surface area contributed by atoms with Gasteiger partial charge in [-0.15, -0.1) is 6.42 Å². The molecular formula is C24H29FN3O7PS. The number of para-hydroxylation sites is 1. The summed E-state index contributed by atoms with van der Waals surface area (Å²) in [5, 5.41) is 10.9. The first-order chi connectivity index (χ1) is 17.4. The Kier molecular flexibility index (Phi) is 9.10. The second-order valence-electron chi connectivity index (χ2n) is 8.82. The monoisotopic (exact) mass is 553 g/mol. The molecular weight excluding hydrogens is 524 g/mol. The molecule has 37 heavy (non-hydrogen) atoms. The molecule has 3 N–H and O–H groups in total. The predicted octanol–water partition coefficient (Wildman–Crippen LogP) is 3.67. The Balaban J connectivity index is 1.83. The van der Waals surface area contributed by atoms with Gasteiger partial charge in [0.1, 0.15) is 17.7 Å². The van der Waals surface area contributed by atoms with Crippen LogP contribution in [-0.4, -0.2) is 57.4 Å². The number of carbonyl (C=O) groups excluding carboxylic acids is 1. The first-order valence-corrected chi connectivity index (χ1v) is 13.5. The highest BCUT2D eigenvalue weighted by molar-refractivity contribution is 7.71. The number of alkyl halides is 1. The summed E-state index contributed by atoms with van der Waals surface area (Å²) in [5.74, 6) is 0.901. The number of nitrogens with two attached hydrogens (primary N) is 1. The average molecular weight is 554 g/mol. The molecule has 0 aliphatic carbocycles. The normalized spacial score (nSPS) is 25.7. The number of halogens is 1. The van der Waals surface area contributed by atoms with E-state index < -0.39 is 50.2 Å². The zero-order valence-electron chi connectivity index (χ0n) is 20.5. The van der Waals surface area contributed by atoms with Gasteiger partial charge in [0.25, 0.3) is 0 Å². The second kappa shape index (κ2) is 11.7. The summed E-state index contributed by atoms with van der Waals surface area (Å²) < 4.78 is 52.4. The number of carbonyl (C=O) groups is 1. The van der Waals surface area contributed by atoms with Crippen LogP contribution in [0.25, 0.3) is 0 Å². The molecule has 2 heterocycles. The topological polar surface area (TPSA) is 135 Å². The van der Waals surface area contributed by atoms with Gasteiger partial charge in [0, 0.05) is 6.20 Å². The first-order valence-electron chi connectivity index (χ1n) is 11.4. The molecule has 1 aromatic carbocycles. The molecule has 13 heteroatoms. The van der Waals surface area contributed by atoms with E-state index in [1.807, 2.05) is 5.92 Å². The minimum atomic E-state index is -4.07. The quantitative estimate of drug-likeness (QED) is 0.194. The number of esters is 1. The number of aromatic nitrogens is 2. The molecule has 3 rings (SSSR count). The van der Waals surface area contributed by atoms with E-state index in [2.05, 4.69) is 4.98 Å². The lowest BCUT2D eigenvalue weighted by Gasteiger charge is -2.26. The Labute approximate surface area is 219 Å². The molecule has 2 unspecified atom stereocenters. The number of ether oxygens (including phenoxy) is 2. The maximum absolute atomic E-state index is 15.4. The Morgan fingerprint density at radius 2 is 2.05 bits per heavy atom. The Morgan fingerprint density at radius 3 is 2.65 bits per heavy atom. The van der Waals surface area contributed by atoms with Crippen molar-refractivity contribution in [3.8, 4) is 18.1 Å². The van der Waals surface area contributed by atoms with Crippen LogP contribution in [0.3, 0.4) is 0 Å². The van der Waals surface area contributed by atoms with E-state index in [9.17, 15) is 14.5 Å². The molecule has 0 spiro atoms. The highest BCUT2D eigenvalue weighted by atomic mass is 32.1. The van der Waals surface area contributed by atoms with Crippen molar-refractivity contribution in [2.75, 3.05) is 18.5 Å². The first kappa shape index (κ1) is 28.8. The summed E-state index contributed by atoms with van der Waals surface area (Å²) in [6.07, 6.45) is 1.01. The van der Waals surface area contributed by atoms with Gasteiger partial charge in [-0.3, -0.25) is 13.9 Å². The van der Waals surface area contributed by atoms with E-state index in [0.717, 1.165) is 0 Å². The number of benzene rings is 1. The van der Waals surface area contributed by atoms with Gasteiger partial charge in [0.2, 0.25) is 10.4 Å². The lowest BCUT2D eigenvalue weighted by molar-refractivity contribution is -0.151. The maximum atomic E-state index is 15.4. The molecule has 1 aliphatic heterocycles. The van der Waals surface area contributed by atoms with Crippen LogP contribution in [0.2, 0.25) is 0 Å². The van der Waals surface area contributed by atoms with E-state index in [-0.39, 0.29) is 28.6 Å². The number of terminal acetylenes is 1. The molecule has 200 valence electrons. The largest absolute Gasteiger partial charge is 0.463 e. The van der Waals surface area contributed by atoms with Gasteiger partial charge in [0.15, 0.2) is 12.4 Å². The molecule has 0 radical (unpaired) electrons. The van der Waals surface area contributed by atoms with E-state index >= 15 is 4.39 Å². The van der Waals surface area contributed by atoms with Crippen molar-refractivity contribution in [3.63, 3.8) is 0 Å². The number of nitrogen functional groups attached to an aromatic ring is 1. The van der Waals surface area contributed by atoms with E-state index in [4.69, 9.17) is 42.9 Å². The molecule has 10 nitrogen and oxygen atoms in total. The standard InChI is InChI=1S/C24H29FN3O7PS/c1-5-24(30)20(25)18(34-22(24)28-12-11-19(26)27-23(28)37)13-32-36(31,35-17-9-7-6-8-10-17)14-16(4)21(29)33-15(2)3/h1,6-12,15-16,18,20,22,30H,13-14H2,2-4H3,(H2,26,27,37)/t16-,18-,20+,22-,24?,36?/m1/s1. The van der Waals surface area contributed by atoms with Crippen LogP contribution in [0.1, 0.15) is 27.0 Å². The summed E-state index contributed by atoms with van der Waals surface area (Å²) in [6, 6.07) is 9.55. The fourth-order valence-corrected chi connectivity index (χ4v) is 5.75. The van der Waals surface area contributed by atoms with E-state index in [0.29, 0.717) is 0 Å². The highest BCUT2D eigenvalue weighted by Crippen LogP contribution is 2.51. The van der Waals surface area contributed by atoms with Crippen LogP contribution in [0.4, 0.5) is 10.2 Å². The van der Waals surface area contributed by atoms with Crippen molar-refractivity contribution in [1.82, 2.24) is 9.55 Å². The van der Waals surface area contributed by atoms with E-state index in [1.165, 1.54) is 23.8 Å². The van der Waals surface area contributed by atoms with Crippen molar-refractivity contribution in [2.24, 2.45) is 5.92 Å². The Morgan fingerprint density at radius 1 is 1.38 bits per heavy atom. The number of anilines is 1. The third kappa shape index (κ3) is 6.74. The van der Waals surface area contributed by atoms with Crippen LogP contribution in [0.5, 0.6) is 5.75 Å². The maximum Gasteiger partial charge on any atom is 0.380 e. The molecule has 6 atom stereocenters. The number of aliphatic hydroxyl groups is 1. The van der Waals surface area contributed by atoms with Gasteiger partial charge in [-0.25, -0.2) is 13.9 Å². The zero-order chi connectivity index (χ0) is 27.4. The lowest BCUT2D eigenvalue weighted by atomic mass is 9.96. The average Bonchev–Trinajstić information content (AvgIpc) is 3.08. The summed E-state index contributed by atoms with van der Waals surface area (Å²) in [4.78, 5) is 16.3. The van der Waals surface area contributed by atoms with Gasteiger partial charge in [0.05, 0.1) is 24.8 Å². The van der Waals surface area contributed by atoms with Crippen molar-refractivity contribution in [1.29, 1.82) is 0 Å². The van der Waals surface area contributed by atoms with Gasteiger partial charge in [-0.05, 0) is 44.3 Å². The fraction of sp³-hybridized carbons (Fsp3) is 0.458. The molecule has 1 fully saturated rings. The SMILES string of the molecule is C#CC1(O)[C@@H](F)[C@@H](COP(=O)(C[C@@H](C)C(=O)OC(C)C)Oc2ccccc2)O[C@H]1n1ccc(N)nc1=S. The Hall–Kier alpha value is -2.81. The van der Waals surface area contributed by atoms with Crippen LogP contribution in [0, 0.1) is 23.0 Å². The number of nitrogens with zero attached hydrogens (tertiary/aromatic N) is 2. The third-order valence-corrected chi connectivity index (χ3v) is 7.77. The van der Waals surface area contributed by atoms with Crippen molar-refractivity contribution >= 4 is 31.6 Å². The van der Waals surface area contributed by atoms with Crippen LogP contribution >= 0.6 is 19.8 Å². The minimum Gasteiger partial charge on any atom is -0.463 e. The minimum absolute atomic E-state index is 0.0944. The van der Waals surface area contributed by atoms with Crippen LogP contribution in [0.15, 0.2) is 42.6 Å². The fourth-order valence-electron chi connectivity index (χ4n) is 3.62. The summed E-state index contributed by atoms with van der Waals surface area (Å²) in [5.41, 5.74) is 3.18. The molecule has 0 bridgehead atoms. The number of rotatable bonds is 10. The molecule has 2 aromatic rings. The van der Waals surface area contributed by atoms with Crippen molar-refractivity contribution < 1.29 is 37.4 Å². The van der Waals surface area contributed by atoms with Gasteiger partial charge in [-0.2, -0.15) is 0 Å². The molecule has 0 saturated carbocycles. The summed E-state index contributed by atoms with van der Waals surface area (Å²) in [6.45, 7) is 4.27.